The van der Waals surface area contributed by atoms with E-state index in [1.54, 1.807) is 5.57 Å². The fourth-order valence-corrected chi connectivity index (χ4v) is 2.88. The predicted molar refractivity (Wildman–Crippen MR) is 71.0 cm³/mol. The lowest BCUT2D eigenvalue weighted by Gasteiger charge is -2.26. The summed E-state index contributed by atoms with van der Waals surface area (Å²) in [5.41, 5.74) is 1.59. The van der Waals surface area contributed by atoms with E-state index in [1.807, 2.05) is 0 Å². The molecule has 1 aliphatic rings. The molecule has 0 heterocycles. The first kappa shape index (κ1) is 14.3. The lowest BCUT2D eigenvalue weighted by Crippen LogP contribution is -2.21. The standard InChI is InChI=1S/C15H26O2/c1-3-5-12(6-4-2)11-13-7-9-14(10-8-13)15(16)17/h5,13-14H,3-4,6-11H2,1-2H3,(H,16,17)/b12-5+/t13-,14-. The van der Waals surface area contributed by atoms with Crippen LogP contribution in [-0.4, -0.2) is 11.1 Å². The number of carbonyl (C=O) groups is 1. The highest BCUT2D eigenvalue weighted by Crippen LogP contribution is 2.33. The van der Waals surface area contributed by atoms with Gasteiger partial charge < -0.3 is 5.11 Å². The van der Waals surface area contributed by atoms with Crippen molar-refractivity contribution in [2.75, 3.05) is 0 Å². The van der Waals surface area contributed by atoms with E-state index in [1.165, 1.54) is 19.3 Å². The zero-order valence-corrected chi connectivity index (χ0v) is 11.2. The molecule has 2 nitrogen and oxygen atoms in total. The molecule has 0 amide bonds. The van der Waals surface area contributed by atoms with E-state index in [0.717, 1.165) is 38.0 Å². The van der Waals surface area contributed by atoms with Crippen LogP contribution in [0.15, 0.2) is 11.6 Å². The zero-order chi connectivity index (χ0) is 12.7. The molecule has 1 aliphatic carbocycles. The van der Waals surface area contributed by atoms with Crippen LogP contribution in [0.4, 0.5) is 0 Å². The first-order valence-corrected chi connectivity index (χ1v) is 7.08. The lowest BCUT2D eigenvalue weighted by atomic mass is 9.78. The van der Waals surface area contributed by atoms with E-state index in [2.05, 4.69) is 19.9 Å². The highest BCUT2D eigenvalue weighted by Gasteiger charge is 2.25. The molecule has 1 rings (SSSR count). The maximum absolute atomic E-state index is 10.9. The van der Waals surface area contributed by atoms with Gasteiger partial charge >= 0.3 is 5.97 Å². The van der Waals surface area contributed by atoms with Crippen molar-refractivity contribution in [3.05, 3.63) is 11.6 Å². The minimum atomic E-state index is -0.596. The molecule has 0 aromatic carbocycles. The third kappa shape index (κ3) is 4.93. The minimum absolute atomic E-state index is 0.0731. The molecule has 0 aliphatic heterocycles. The number of aliphatic carboxylic acids is 1. The van der Waals surface area contributed by atoms with E-state index in [4.69, 9.17) is 5.11 Å². The van der Waals surface area contributed by atoms with Crippen LogP contribution in [0.2, 0.25) is 0 Å². The fourth-order valence-electron chi connectivity index (χ4n) is 2.88. The molecule has 1 fully saturated rings. The maximum Gasteiger partial charge on any atom is 0.306 e. The average molecular weight is 238 g/mol. The van der Waals surface area contributed by atoms with Crippen LogP contribution in [0.1, 0.15) is 65.2 Å². The van der Waals surface area contributed by atoms with Gasteiger partial charge in [0.15, 0.2) is 0 Å². The molecule has 0 spiro atoms. The second-order valence-corrected chi connectivity index (χ2v) is 5.28. The van der Waals surface area contributed by atoms with Crippen LogP contribution in [0.25, 0.3) is 0 Å². The Morgan fingerprint density at radius 3 is 2.35 bits per heavy atom. The normalized spacial score (nSPS) is 25.9. The summed E-state index contributed by atoms with van der Waals surface area (Å²) in [6.07, 6.45) is 11.1. The third-order valence-electron chi connectivity index (χ3n) is 3.81. The second-order valence-electron chi connectivity index (χ2n) is 5.28. The first-order valence-electron chi connectivity index (χ1n) is 7.08. The number of allylic oxidation sites excluding steroid dienone is 2. The zero-order valence-electron chi connectivity index (χ0n) is 11.2. The van der Waals surface area contributed by atoms with E-state index >= 15 is 0 Å². The number of rotatable bonds is 6. The van der Waals surface area contributed by atoms with Gasteiger partial charge in [0.1, 0.15) is 0 Å². The second kappa shape index (κ2) is 7.52. The summed E-state index contributed by atoms with van der Waals surface area (Å²) < 4.78 is 0. The largest absolute Gasteiger partial charge is 0.481 e. The average Bonchev–Trinajstić information content (AvgIpc) is 2.30. The summed E-state index contributed by atoms with van der Waals surface area (Å²) in [5.74, 6) is 0.0623. The molecule has 2 heteroatoms. The highest BCUT2D eigenvalue weighted by molar-refractivity contribution is 5.69. The van der Waals surface area contributed by atoms with Gasteiger partial charge in [-0.3, -0.25) is 4.79 Å². The van der Waals surface area contributed by atoms with Crippen molar-refractivity contribution >= 4 is 5.97 Å². The van der Waals surface area contributed by atoms with E-state index in [9.17, 15) is 4.79 Å². The number of hydrogen-bond donors (Lipinski definition) is 1. The van der Waals surface area contributed by atoms with Crippen LogP contribution in [0, 0.1) is 11.8 Å². The number of carboxylic acid groups (broad SMARTS) is 1. The molecular formula is C15H26O2. The maximum atomic E-state index is 10.9. The van der Waals surface area contributed by atoms with Crippen LogP contribution in [-0.2, 0) is 4.79 Å². The van der Waals surface area contributed by atoms with Crippen LogP contribution in [0.3, 0.4) is 0 Å². The Kier molecular flexibility index (Phi) is 6.31. The molecule has 0 saturated heterocycles. The monoisotopic (exact) mass is 238 g/mol. The molecule has 98 valence electrons. The number of hydrogen-bond acceptors (Lipinski definition) is 1. The van der Waals surface area contributed by atoms with Gasteiger partial charge in [-0.25, -0.2) is 0 Å². The van der Waals surface area contributed by atoms with E-state index in [-0.39, 0.29) is 5.92 Å². The van der Waals surface area contributed by atoms with E-state index in [0.29, 0.717) is 0 Å². The summed E-state index contributed by atoms with van der Waals surface area (Å²) in [4.78, 5) is 10.9. The molecule has 0 radical (unpaired) electrons. The van der Waals surface area contributed by atoms with Crippen molar-refractivity contribution in [2.24, 2.45) is 11.8 Å². The smallest absolute Gasteiger partial charge is 0.306 e. The minimum Gasteiger partial charge on any atom is -0.481 e. The van der Waals surface area contributed by atoms with Crippen molar-refractivity contribution in [3.8, 4) is 0 Å². The van der Waals surface area contributed by atoms with Crippen LogP contribution in [0.5, 0.6) is 0 Å². The Hall–Kier alpha value is -0.790. The van der Waals surface area contributed by atoms with Crippen molar-refractivity contribution in [2.45, 2.75) is 65.2 Å². The van der Waals surface area contributed by atoms with Gasteiger partial charge in [0, 0.05) is 0 Å². The Bertz CT molecular complexity index is 260. The Morgan fingerprint density at radius 2 is 1.88 bits per heavy atom. The van der Waals surface area contributed by atoms with Gasteiger partial charge in [-0.15, -0.1) is 0 Å². The Balaban J connectivity index is 2.38. The number of carboxylic acids is 1. The van der Waals surface area contributed by atoms with Gasteiger partial charge in [-0.2, -0.15) is 0 Å². The molecule has 0 aromatic rings. The van der Waals surface area contributed by atoms with Gasteiger partial charge in [0.25, 0.3) is 0 Å². The van der Waals surface area contributed by atoms with Gasteiger partial charge in [-0.05, 0) is 50.9 Å². The molecule has 0 aromatic heterocycles. The molecular weight excluding hydrogens is 212 g/mol. The molecule has 0 bridgehead atoms. The molecule has 0 unspecified atom stereocenters. The highest BCUT2D eigenvalue weighted by atomic mass is 16.4. The Labute approximate surface area is 105 Å². The SMILES string of the molecule is CC/C=C(\CCC)C[C@H]1CC[C@H](C(=O)O)CC1. The van der Waals surface area contributed by atoms with Crippen molar-refractivity contribution in [1.82, 2.24) is 0 Å². The lowest BCUT2D eigenvalue weighted by molar-refractivity contribution is -0.143. The quantitative estimate of drug-likeness (QED) is 0.696. The molecule has 1 N–H and O–H groups in total. The Morgan fingerprint density at radius 1 is 1.24 bits per heavy atom. The summed E-state index contributed by atoms with van der Waals surface area (Å²) >= 11 is 0. The van der Waals surface area contributed by atoms with Crippen molar-refractivity contribution < 1.29 is 9.90 Å². The van der Waals surface area contributed by atoms with E-state index < -0.39 is 5.97 Å². The summed E-state index contributed by atoms with van der Waals surface area (Å²) in [6.45, 7) is 4.42. The van der Waals surface area contributed by atoms with Gasteiger partial charge in [0.05, 0.1) is 5.92 Å². The van der Waals surface area contributed by atoms with Gasteiger partial charge in [-0.1, -0.05) is 31.9 Å². The fraction of sp³-hybridized carbons (Fsp3) is 0.800. The predicted octanol–water partition coefficient (Wildman–Crippen LogP) is 4.40. The molecule has 1 saturated carbocycles. The van der Waals surface area contributed by atoms with Gasteiger partial charge in [0.2, 0.25) is 0 Å². The summed E-state index contributed by atoms with van der Waals surface area (Å²) in [6, 6.07) is 0. The van der Waals surface area contributed by atoms with Crippen molar-refractivity contribution in [3.63, 3.8) is 0 Å². The van der Waals surface area contributed by atoms with Crippen LogP contribution < -0.4 is 0 Å². The summed E-state index contributed by atoms with van der Waals surface area (Å²) in [7, 11) is 0. The molecule has 17 heavy (non-hydrogen) atoms. The molecule has 0 atom stereocenters. The summed E-state index contributed by atoms with van der Waals surface area (Å²) in [5, 5.41) is 8.96. The first-order chi connectivity index (χ1) is 8.17. The third-order valence-corrected chi connectivity index (χ3v) is 3.81. The topological polar surface area (TPSA) is 37.3 Å². The van der Waals surface area contributed by atoms with Crippen LogP contribution >= 0.6 is 0 Å². The van der Waals surface area contributed by atoms with Crippen molar-refractivity contribution in [1.29, 1.82) is 0 Å².